The third-order valence-electron chi connectivity index (χ3n) is 6.97. The second-order valence-corrected chi connectivity index (χ2v) is 9.76. The number of nitrogens with one attached hydrogen (secondary N) is 2. The molecule has 3 heterocycles. The minimum Gasteiger partial charge on any atom is -0.351 e. The standard InChI is InChI=1S/C30H31N5OS/c1-5-22-10-6-7-12-27(22)34-19(2)18-25(20(34)3)29-28(26-11-8-9-17-31-26)33-30(37)35(29)24-15-13-23(14-16-24)32-21(4)36/h6-18,28-29H,5H2,1-4H3,(H,32,36)(H,33,37)/t28-,29+/m0/s1. The number of hydrogen-bond acceptors (Lipinski definition) is 3. The molecule has 37 heavy (non-hydrogen) atoms. The van der Waals surface area contributed by atoms with Gasteiger partial charge in [0.1, 0.15) is 0 Å². The zero-order valence-electron chi connectivity index (χ0n) is 21.5. The van der Waals surface area contributed by atoms with Gasteiger partial charge in [-0.25, -0.2) is 0 Å². The van der Waals surface area contributed by atoms with Gasteiger partial charge in [0, 0.05) is 41.6 Å². The number of aromatic nitrogens is 2. The lowest BCUT2D eigenvalue weighted by atomic mass is 9.96. The van der Waals surface area contributed by atoms with Gasteiger partial charge in [0.2, 0.25) is 5.91 Å². The highest BCUT2D eigenvalue weighted by Gasteiger charge is 2.42. The molecule has 0 spiro atoms. The van der Waals surface area contributed by atoms with Crippen molar-refractivity contribution in [1.29, 1.82) is 0 Å². The molecule has 1 aliphatic rings. The van der Waals surface area contributed by atoms with Gasteiger partial charge in [-0.15, -0.1) is 0 Å². The van der Waals surface area contributed by atoms with Crippen molar-refractivity contribution in [3.63, 3.8) is 0 Å². The molecular weight excluding hydrogens is 478 g/mol. The summed E-state index contributed by atoms with van der Waals surface area (Å²) in [4.78, 5) is 18.4. The van der Waals surface area contributed by atoms with Crippen LogP contribution in [-0.4, -0.2) is 20.6 Å². The van der Waals surface area contributed by atoms with Gasteiger partial charge >= 0.3 is 0 Å². The molecular formula is C30H31N5OS. The van der Waals surface area contributed by atoms with Crippen molar-refractivity contribution in [2.24, 2.45) is 0 Å². The molecule has 188 valence electrons. The number of carbonyl (C=O) groups excluding carboxylic acids is 1. The molecule has 2 aromatic heterocycles. The summed E-state index contributed by atoms with van der Waals surface area (Å²) in [7, 11) is 0. The lowest BCUT2D eigenvalue weighted by molar-refractivity contribution is -0.114. The predicted octanol–water partition coefficient (Wildman–Crippen LogP) is 6.19. The SMILES string of the molecule is CCc1ccccc1-n1c(C)cc([C@@H]2[C@H](c3ccccn3)NC(=S)N2c2ccc(NC(C)=O)cc2)c1C. The van der Waals surface area contributed by atoms with E-state index >= 15 is 0 Å². The van der Waals surface area contributed by atoms with Gasteiger partial charge in [0.25, 0.3) is 0 Å². The van der Waals surface area contributed by atoms with E-state index in [4.69, 9.17) is 12.2 Å². The molecule has 0 unspecified atom stereocenters. The van der Waals surface area contributed by atoms with Crippen LogP contribution in [0.5, 0.6) is 0 Å². The van der Waals surface area contributed by atoms with Gasteiger partial charge in [0.15, 0.2) is 5.11 Å². The lowest BCUT2D eigenvalue weighted by Gasteiger charge is -2.28. The van der Waals surface area contributed by atoms with Gasteiger partial charge in [-0.1, -0.05) is 31.2 Å². The Morgan fingerprint density at radius 3 is 2.46 bits per heavy atom. The average Bonchev–Trinajstić information content (AvgIpc) is 3.39. The fourth-order valence-electron chi connectivity index (χ4n) is 5.34. The van der Waals surface area contributed by atoms with E-state index in [0.29, 0.717) is 5.11 Å². The van der Waals surface area contributed by atoms with Gasteiger partial charge in [-0.3, -0.25) is 9.78 Å². The molecule has 7 heteroatoms. The van der Waals surface area contributed by atoms with Crippen molar-refractivity contribution in [3.05, 3.63) is 107 Å². The molecule has 1 amide bonds. The molecule has 1 fully saturated rings. The third kappa shape index (κ3) is 4.62. The Labute approximate surface area is 223 Å². The number of hydrogen-bond donors (Lipinski definition) is 2. The minimum atomic E-state index is -0.126. The van der Waals surface area contributed by atoms with E-state index in [2.05, 4.69) is 76.2 Å². The number of anilines is 2. The molecule has 2 N–H and O–H groups in total. The van der Waals surface area contributed by atoms with Crippen LogP contribution in [0.15, 0.2) is 79.0 Å². The second kappa shape index (κ2) is 10.2. The quantitative estimate of drug-likeness (QED) is 0.304. The van der Waals surface area contributed by atoms with Crippen molar-refractivity contribution in [1.82, 2.24) is 14.9 Å². The van der Waals surface area contributed by atoms with Gasteiger partial charge in [-0.05, 0) is 92.1 Å². The van der Waals surface area contributed by atoms with E-state index in [1.165, 1.54) is 35.1 Å². The molecule has 2 aromatic carbocycles. The minimum absolute atomic E-state index is 0.0981. The highest BCUT2D eigenvalue weighted by Crippen LogP contribution is 2.44. The third-order valence-corrected chi connectivity index (χ3v) is 7.28. The average molecular weight is 510 g/mol. The molecule has 0 radical (unpaired) electrons. The van der Waals surface area contributed by atoms with Crippen LogP contribution in [0.25, 0.3) is 5.69 Å². The van der Waals surface area contributed by atoms with Crippen molar-refractivity contribution in [3.8, 4) is 5.69 Å². The highest BCUT2D eigenvalue weighted by atomic mass is 32.1. The van der Waals surface area contributed by atoms with E-state index in [9.17, 15) is 4.79 Å². The number of rotatable bonds is 6. The largest absolute Gasteiger partial charge is 0.351 e. The molecule has 4 aromatic rings. The first kappa shape index (κ1) is 24.7. The topological polar surface area (TPSA) is 62.2 Å². The van der Waals surface area contributed by atoms with Crippen molar-refractivity contribution in [2.45, 2.75) is 46.2 Å². The monoisotopic (exact) mass is 509 g/mol. The summed E-state index contributed by atoms with van der Waals surface area (Å²) in [5.74, 6) is -0.0981. The maximum atomic E-state index is 11.5. The fourth-order valence-corrected chi connectivity index (χ4v) is 5.69. The normalized spacial score (nSPS) is 17.1. The molecule has 0 bridgehead atoms. The Balaban J connectivity index is 1.65. The smallest absolute Gasteiger partial charge is 0.221 e. The molecule has 0 aliphatic carbocycles. The van der Waals surface area contributed by atoms with E-state index in [1.54, 1.807) is 0 Å². The van der Waals surface area contributed by atoms with Gasteiger partial charge in [0.05, 0.1) is 17.8 Å². The summed E-state index contributed by atoms with van der Waals surface area (Å²) in [6.45, 7) is 8.04. The van der Waals surface area contributed by atoms with Crippen LogP contribution in [0.1, 0.15) is 54.1 Å². The van der Waals surface area contributed by atoms with Gasteiger partial charge in [-0.2, -0.15) is 0 Å². The Bertz CT molecular complexity index is 1440. The summed E-state index contributed by atoms with van der Waals surface area (Å²) in [5.41, 5.74) is 8.70. The Kier molecular flexibility index (Phi) is 6.80. The Morgan fingerprint density at radius 1 is 1.05 bits per heavy atom. The van der Waals surface area contributed by atoms with Crippen molar-refractivity contribution < 1.29 is 4.79 Å². The molecule has 0 saturated carbocycles. The van der Waals surface area contributed by atoms with Crippen LogP contribution in [0.3, 0.4) is 0 Å². The first-order chi connectivity index (χ1) is 17.9. The van der Waals surface area contributed by atoms with Crippen LogP contribution in [0.2, 0.25) is 0 Å². The predicted molar refractivity (Wildman–Crippen MR) is 153 cm³/mol. The number of nitrogens with zero attached hydrogens (tertiary/aromatic N) is 3. The fraction of sp³-hybridized carbons (Fsp3) is 0.233. The number of pyridine rings is 1. The van der Waals surface area contributed by atoms with E-state index in [0.717, 1.165) is 23.5 Å². The zero-order chi connectivity index (χ0) is 26.1. The summed E-state index contributed by atoms with van der Waals surface area (Å²) in [6.07, 6.45) is 2.78. The number of amides is 1. The maximum Gasteiger partial charge on any atom is 0.221 e. The number of carbonyl (C=O) groups is 1. The number of thiocarbonyl (C=S) groups is 1. The molecule has 2 atom stereocenters. The lowest BCUT2D eigenvalue weighted by Crippen LogP contribution is -2.29. The number of benzene rings is 2. The second-order valence-electron chi connectivity index (χ2n) is 9.37. The molecule has 1 aliphatic heterocycles. The van der Waals surface area contributed by atoms with E-state index in [-0.39, 0.29) is 18.0 Å². The summed E-state index contributed by atoms with van der Waals surface area (Å²) in [6, 6.07) is 24.4. The van der Waals surface area contributed by atoms with Crippen molar-refractivity contribution >= 4 is 34.6 Å². The summed E-state index contributed by atoms with van der Waals surface area (Å²) >= 11 is 5.91. The number of aryl methyl sites for hydroxylation is 2. The first-order valence-electron chi connectivity index (χ1n) is 12.5. The maximum absolute atomic E-state index is 11.5. The number of para-hydroxylation sites is 1. The van der Waals surface area contributed by atoms with E-state index in [1.807, 2.05) is 48.7 Å². The van der Waals surface area contributed by atoms with Crippen molar-refractivity contribution in [2.75, 3.05) is 10.2 Å². The van der Waals surface area contributed by atoms with Crippen LogP contribution >= 0.6 is 12.2 Å². The summed E-state index contributed by atoms with van der Waals surface area (Å²) in [5, 5.41) is 7.03. The molecule has 1 saturated heterocycles. The Morgan fingerprint density at radius 2 is 1.78 bits per heavy atom. The van der Waals surface area contributed by atoms with Gasteiger partial charge < -0.3 is 20.1 Å². The van der Waals surface area contributed by atoms with Crippen LogP contribution in [0, 0.1) is 13.8 Å². The van der Waals surface area contributed by atoms with Crippen LogP contribution in [-0.2, 0) is 11.2 Å². The molecule has 5 rings (SSSR count). The van der Waals surface area contributed by atoms with Crippen LogP contribution in [0.4, 0.5) is 11.4 Å². The summed E-state index contributed by atoms with van der Waals surface area (Å²) < 4.78 is 2.35. The zero-order valence-corrected chi connectivity index (χ0v) is 22.3. The van der Waals surface area contributed by atoms with Crippen LogP contribution < -0.4 is 15.5 Å². The Hall–Kier alpha value is -3.97. The first-order valence-corrected chi connectivity index (χ1v) is 12.9. The molecule has 6 nitrogen and oxygen atoms in total. The van der Waals surface area contributed by atoms with E-state index < -0.39 is 0 Å². The highest BCUT2D eigenvalue weighted by molar-refractivity contribution is 7.80.